The van der Waals surface area contributed by atoms with Gasteiger partial charge < -0.3 is 10.2 Å². The highest BCUT2D eigenvalue weighted by molar-refractivity contribution is 9.11. The van der Waals surface area contributed by atoms with Gasteiger partial charge in [-0.15, -0.1) is 0 Å². The second-order valence-electron chi connectivity index (χ2n) is 2.45. The molecule has 10 heavy (non-hydrogen) atoms. The van der Waals surface area contributed by atoms with Gasteiger partial charge in [-0.25, -0.2) is 0 Å². The van der Waals surface area contributed by atoms with Gasteiger partial charge in [-0.1, -0.05) is 21.5 Å². The Morgan fingerprint density at radius 1 is 1.50 bits per heavy atom. The molecule has 0 saturated carbocycles. The predicted octanol–water partition coefficient (Wildman–Crippen LogP) is 1.42. The van der Waals surface area contributed by atoms with Crippen molar-refractivity contribution >= 4 is 15.9 Å². The van der Waals surface area contributed by atoms with Gasteiger partial charge in [-0.3, -0.25) is 0 Å². The normalized spacial score (nSPS) is 12.9. The minimum atomic E-state index is -0.635. The van der Waals surface area contributed by atoms with Gasteiger partial charge in [0.2, 0.25) is 0 Å². The van der Waals surface area contributed by atoms with E-state index in [-0.39, 0.29) is 6.61 Å². The van der Waals surface area contributed by atoms with Crippen molar-refractivity contribution in [3.05, 3.63) is 10.1 Å². The molecule has 0 radical (unpaired) electrons. The van der Waals surface area contributed by atoms with Crippen LogP contribution in [0.5, 0.6) is 0 Å². The highest BCUT2D eigenvalue weighted by Gasteiger charge is 2.04. The van der Waals surface area contributed by atoms with Crippen LogP contribution in [0.2, 0.25) is 0 Å². The maximum absolute atomic E-state index is 8.96. The van der Waals surface area contributed by atoms with Crippen LogP contribution in [0.1, 0.15) is 20.3 Å². The molecular weight excluding hydrogens is 196 g/mol. The molecule has 0 aliphatic rings. The van der Waals surface area contributed by atoms with E-state index in [0.29, 0.717) is 6.42 Å². The maximum atomic E-state index is 8.96. The second kappa shape index (κ2) is 4.88. The SMILES string of the molecule is CC(C)=C(Br)C[C@@H](O)CO. The smallest absolute Gasteiger partial charge is 0.0816 e. The van der Waals surface area contributed by atoms with Crippen LogP contribution in [0.25, 0.3) is 0 Å². The van der Waals surface area contributed by atoms with E-state index in [0.717, 1.165) is 10.1 Å². The number of rotatable bonds is 3. The molecule has 0 aromatic heterocycles. The summed E-state index contributed by atoms with van der Waals surface area (Å²) in [5, 5.41) is 17.4. The van der Waals surface area contributed by atoms with Crippen LogP contribution in [0, 0.1) is 0 Å². The third kappa shape index (κ3) is 4.04. The fourth-order valence-electron chi connectivity index (χ4n) is 0.476. The molecule has 0 aromatic rings. The molecule has 0 saturated heterocycles. The molecule has 60 valence electrons. The minimum absolute atomic E-state index is 0.178. The van der Waals surface area contributed by atoms with E-state index in [9.17, 15) is 0 Å². The Kier molecular flexibility index (Phi) is 4.95. The standard InChI is InChI=1S/C7H13BrO2/c1-5(2)7(8)3-6(10)4-9/h6,9-10H,3-4H2,1-2H3/t6-/m1/s1. The lowest BCUT2D eigenvalue weighted by molar-refractivity contribution is 0.0969. The molecule has 0 unspecified atom stereocenters. The zero-order valence-electron chi connectivity index (χ0n) is 6.26. The summed E-state index contributed by atoms with van der Waals surface area (Å²) in [4.78, 5) is 0. The van der Waals surface area contributed by atoms with Gasteiger partial charge in [0.05, 0.1) is 12.7 Å². The topological polar surface area (TPSA) is 40.5 Å². The third-order valence-electron chi connectivity index (χ3n) is 1.17. The van der Waals surface area contributed by atoms with Gasteiger partial charge in [0.15, 0.2) is 0 Å². The second-order valence-corrected chi connectivity index (χ2v) is 3.40. The minimum Gasteiger partial charge on any atom is -0.394 e. The number of aliphatic hydroxyl groups is 2. The van der Waals surface area contributed by atoms with Crippen molar-refractivity contribution in [2.45, 2.75) is 26.4 Å². The molecule has 0 aromatic carbocycles. The van der Waals surface area contributed by atoms with Crippen molar-refractivity contribution in [1.82, 2.24) is 0 Å². The molecule has 0 spiro atoms. The monoisotopic (exact) mass is 208 g/mol. The molecule has 2 nitrogen and oxygen atoms in total. The summed E-state index contributed by atoms with van der Waals surface area (Å²) < 4.78 is 0.967. The van der Waals surface area contributed by atoms with Crippen LogP contribution < -0.4 is 0 Å². The zero-order chi connectivity index (χ0) is 8.15. The van der Waals surface area contributed by atoms with Crippen molar-refractivity contribution in [3.63, 3.8) is 0 Å². The van der Waals surface area contributed by atoms with E-state index in [1.807, 2.05) is 13.8 Å². The average molecular weight is 209 g/mol. The van der Waals surface area contributed by atoms with Gasteiger partial charge in [-0.2, -0.15) is 0 Å². The Bertz CT molecular complexity index is 128. The summed E-state index contributed by atoms with van der Waals surface area (Å²) in [5.41, 5.74) is 1.13. The van der Waals surface area contributed by atoms with E-state index in [4.69, 9.17) is 10.2 Å². The molecule has 0 bridgehead atoms. The Morgan fingerprint density at radius 3 is 2.30 bits per heavy atom. The summed E-state index contributed by atoms with van der Waals surface area (Å²) in [6.07, 6.45) is -0.136. The molecule has 0 aliphatic heterocycles. The summed E-state index contributed by atoms with van der Waals surface area (Å²) in [5.74, 6) is 0. The van der Waals surface area contributed by atoms with Crippen LogP contribution in [0.15, 0.2) is 10.1 Å². The molecule has 0 aliphatic carbocycles. The molecule has 3 heteroatoms. The quantitative estimate of drug-likeness (QED) is 0.737. The van der Waals surface area contributed by atoms with Gasteiger partial charge in [-0.05, 0) is 18.3 Å². The number of hydrogen-bond acceptors (Lipinski definition) is 2. The van der Waals surface area contributed by atoms with Crippen LogP contribution in [0.3, 0.4) is 0 Å². The first-order valence-electron chi connectivity index (χ1n) is 3.18. The number of aliphatic hydroxyl groups excluding tert-OH is 2. The third-order valence-corrected chi connectivity index (χ3v) is 2.28. The summed E-state index contributed by atoms with van der Waals surface area (Å²) >= 11 is 3.29. The predicted molar refractivity (Wildman–Crippen MR) is 45.0 cm³/mol. The lowest BCUT2D eigenvalue weighted by atomic mass is 10.2. The van der Waals surface area contributed by atoms with Gasteiger partial charge in [0, 0.05) is 6.42 Å². The van der Waals surface area contributed by atoms with Crippen LogP contribution in [-0.2, 0) is 0 Å². The Labute approximate surface area is 69.7 Å². The van der Waals surface area contributed by atoms with Gasteiger partial charge >= 0.3 is 0 Å². The molecule has 2 N–H and O–H groups in total. The van der Waals surface area contributed by atoms with E-state index in [2.05, 4.69) is 15.9 Å². The molecule has 0 heterocycles. The van der Waals surface area contributed by atoms with Gasteiger partial charge in [0.25, 0.3) is 0 Å². The van der Waals surface area contributed by atoms with E-state index >= 15 is 0 Å². The zero-order valence-corrected chi connectivity index (χ0v) is 7.85. The van der Waals surface area contributed by atoms with Crippen molar-refractivity contribution in [1.29, 1.82) is 0 Å². The van der Waals surface area contributed by atoms with Crippen molar-refractivity contribution in [3.8, 4) is 0 Å². The molecular formula is C7H13BrO2. The highest BCUT2D eigenvalue weighted by atomic mass is 79.9. The number of halogens is 1. The lowest BCUT2D eigenvalue weighted by Gasteiger charge is -2.06. The fraction of sp³-hybridized carbons (Fsp3) is 0.714. The summed E-state index contributed by atoms with van der Waals surface area (Å²) in [7, 11) is 0. The first kappa shape index (κ1) is 10.1. The van der Waals surface area contributed by atoms with Gasteiger partial charge in [0.1, 0.15) is 0 Å². The molecule has 0 fully saturated rings. The maximum Gasteiger partial charge on any atom is 0.0816 e. The number of hydrogen-bond donors (Lipinski definition) is 2. The first-order valence-corrected chi connectivity index (χ1v) is 3.98. The fourth-order valence-corrected chi connectivity index (χ4v) is 0.849. The van der Waals surface area contributed by atoms with Crippen LogP contribution >= 0.6 is 15.9 Å². The average Bonchev–Trinajstić information content (AvgIpc) is 1.87. The van der Waals surface area contributed by atoms with Crippen molar-refractivity contribution < 1.29 is 10.2 Å². The molecule has 1 atom stereocenters. The Morgan fingerprint density at radius 2 is 2.00 bits per heavy atom. The number of allylic oxidation sites excluding steroid dienone is 1. The van der Waals surface area contributed by atoms with Crippen LogP contribution in [-0.4, -0.2) is 22.9 Å². The molecule has 0 amide bonds. The van der Waals surface area contributed by atoms with E-state index in [1.54, 1.807) is 0 Å². The molecule has 0 rings (SSSR count). The largest absolute Gasteiger partial charge is 0.394 e. The summed E-state index contributed by atoms with van der Waals surface area (Å²) in [6.45, 7) is 3.73. The summed E-state index contributed by atoms with van der Waals surface area (Å²) in [6, 6.07) is 0. The van der Waals surface area contributed by atoms with Crippen LogP contribution in [0.4, 0.5) is 0 Å². The first-order chi connectivity index (χ1) is 4.57. The van der Waals surface area contributed by atoms with E-state index < -0.39 is 6.10 Å². The van der Waals surface area contributed by atoms with Crippen molar-refractivity contribution in [2.75, 3.05) is 6.61 Å². The van der Waals surface area contributed by atoms with E-state index in [1.165, 1.54) is 0 Å². The highest BCUT2D eigenvalue weighted by Crippen LogP contribution is 2.17. The Balaban J connectivity index is 3.79. The van der Waals surface area contributed by atoms with Crippen molar-refractivity contribution in [2.24, 2.45) is 0 Å². The Hall–Kier alpha value is 0.140. The lowest BCUT2D eigenvalue weighted by Crippen LogP contribution is -2.11.